The lowest BCUT2D eigenvalue weighted by atomic mass is 9.95. The fourth-order valence-electron chi connectivity index (χ4n) is 2.90. The second-order valence-corrected chi connectivity index (χ2v) is 6.42. The third-order valence-electron chi connectivity index (χ3n) is 4.23. The summed E-state index contributed by atoms with van der Waals surface area (Å²) in [6, 6.07) is 16.9. The van der Waals surface area contributed by atoms with E-state index in [1.807, 2.05) is 17.7 Å². The highest BCUT2D eigenvalue weighted by Crippen LogP contribution is 2.30. The van der Waals surface area contributed by atoms with Gasteiger partial charge in [0.15, 0.2) is 5.82 Å². The van der Waals surface area contributed by atoms with Crippen molar-refractivity contribution < 1.29 is 0 Å². The summed E-state index contributed by atoms with van der Waals surface area (Å²) in [6.07, 6.45) is 1.72. The van der Waals surface area contributed by atoms with Crippen LogP contribution in [0.5, 0.6) is 0 Å². The van der Waals surface area contributed by atoms with E-state index in [-0.39, 0.29) is 0 Å². The number of nitrogens with zero attached hydrogens (tertiary/aromatic N) is 3. The van der Waals surface area contributed by atoms with Crippen molar-refractivity contribution in [3.05, 3.63) is 85.0 Å². The van der Waals surface area contributed by atoms with E-state index < -0.39 is 0 Å². The second-order valence-electron chi connectivity index (χ2n) is 6.42. The Labute approximate surface area is 149 Å². The maximum Gasteiger partial charge on any atom is 0.162 e. The lowest BCUT2D eigenvalue weighted by Gasteiger charge is -2.16. The molecule has 2 aromatic carbocycles. The molecule has 0 N–H and O–H groups in total. The van der Waals surface area contributed by atoms with Gasteiger partial charge in [-0.3, -0.25) is 0 Å². The minimum atomic E-state index is 0.355. The molecule has 126 valence electrons. The smallest absolute Gasteiger partial charge is 0.162 e. The number of hydrogen-bond acceptors (Lipinski definition) is 2. The molecule has 3 rings (SSSR count). The van der Waals surface area contributed by atoms with Crippen molar-refractivity contribution in [1.82, 2.24) is 14.8 Å². The predicted molar refractivity (Wildman–Crippen MR) is 105 cm³/mol. The van der Waals surface area contributed by atoms with Gasteiger partial charge in [-0.1, -0.05) is 69.5 Å². The highest BCUT2D eigenvalue weighted by molar-refractivity contribution is 5.70. The molecule has 3 nitrogen and oxygen atoms in total. The monoisotopic (exact) mass is 329 g/mol. The van der Waals surface area contributed by atoms with E-state index in [0.717, 1.165) is 22.9 Å². The second kappa shape index (κ2) is 6.89. The van der Waals surface area contributed by atoms with Gasteiger partial charge in [0.2, 0.25) is 0 Å². The summed E-state index contributed by atoms with van der Waals surface area (Å²) in [5, 5.41) is 4.59. The first-order chi connectivity index (χ1) is 12.0. The lowest BCUT2D eigenvalue weighted by Crippen LogP contribution is -2.06. The van der Waals surface area contributed by atoms with Gasteiger partial charge < -0.3 is 0 Å². The van der Waals surface area contributed by atoms with Crippen LogP contribution in [0.4, 0.5) is 0 Å². The van der Waals surface area contributed by atoms with Gasteiger partial charge in [-0.25, -0.2) is 9.67 Å². The Bertz CT molecular complexity index is 918. The van der Waals surface area contributed by atoms with Crippen molar-refractivity contribution in [2.75, 3.05) is 0 Å². The molecule has 0 atom stereocenters. The number of hydrogen-bond donors (Lipinski definition) is 0. The molecule has 0 aliphatic heterocycles. The summed E-state index contributed by atoms with van der Waals surface area (Å²) in [4.78, 5) is 4.52. The van der Waals surface area contributed by atoms with Gasteiger partial charge in [0.1, 0.15) is 5.82 Å². The van der Waals surface area contributed by atoms with Gasteiger partial charge in [0.05, 0.1) is 5.69 Å². The van der Waals surface area contributed by atoms with Gasteiger partial charge in [0.25, 0.3) is 0 Å². The molecule has 0 unspecified atom stereocenters. The number of aryl methyl sites for hydroxylation is 1. The molecule has 0 spiro atoms. The molecular weight excluding hydrogens is 306 g/mol. The first-order valence-electron chi connectivity index (χ1n) is 8.46. The maximum absolute atomic E-state index is 4.59. The van der Waals surface area contributed by atoms with Crippen LogP contribution in [0, 0.1) is 6.92 Å². The molecule has 0 saturated heterocycles. The minimum Gasteiger partial charge on any atom is -0.213 e. The van der Waals surface area contributed by atoms with Crippen LogP contribution >= 0.6 is 0 Å². The molecule has 0 bridgehead atoms. The van der Waals surface area contributed by atoms with Gasteiger partial charge in [-0.2, -0.15) is 5.10 Å². The molecule has 0 aliphatic rings. The first-order valence-corrected chi connectivity index (χ1v) is 8.46. The zero-order chi connectivity index (χ0) is 18.0. The van der Waals surface area contributed by atoms with Gasteiger partial charge in [-0.05, 0) is 41.7 Å². The molecule has 1 aromatic heterocycles. The Hall–Kier alpha value is -2.94. The molecule has 0 amide bonds. The normalized spacial score (nSPS) is 10.9. The van der Waals surface area contributed by atoms with Crippen molar-refractivity contribution in [3.8, 4) is 16.8 Å². The number of aromatic nitrogens is 3. The number of allylic oxidation sites excluding steroid dienone is 2. The Kier molecular flexibility index (Phi) is 4.66. The van der Waals surface area contributed by atoms with E-state index in [4.69, 9.17) is 0 Å². The molecule has 25 heavy (non-hydrogen) atoms. The lowest BCUT2D eigenvalue weighted by molar-refractivity contribution is 0.796. The largest absolute Gasteiger partial charge is 0.213 e. The average molecular weight is 329 g/mol. The third-order valence-corrected chi connectivity index (χ3v) is 4.23. The summed E-state index contributed by atoms with van der Waals surface area (Å²) < 4.78 is 1.88. The fourth-order valence-corrected chi connectivity index (χ4v) is 2.90. The molecule has 0 fully saturated rings. The Balaban J connectivity index is 2.18. The molecule has 0 aliphatic carbocycles. The molecular formula is C22H23N3. The number of benzene rings is 2. The topological polar surface area (TPSA) is 30.7 Å². The van der Waals surface area contributed by atoms with Crippen molar-refractivity contribution in [3.63, 3.8) is 0 Å². The molecule has 1 heterocycles. The maximum atomic E-state index is 4.59. The highest BCUT2D eigenvalue weighted by Gasteiger charge is 2.16. The van der Waals surface area contributed by atoms with Crippen LogP contribution in [0.2, 0.25) is 0 Å². The van der Waals surface area contributed by atoms with Crippen LogP contribution in [-0.2, 0) is 0 Å². The quantitative estimate of drug-likeness (QED) is 0.573. The zero-order valence-corrected chi connectivity index (χ0v) is 15.0. The number of rotatable bonds is 5. The fraction of sp³-hybridized carbons (Fsp3) is 0.182. The molecule has 3 aromatic rings. The molecule has 0 saturated carbocycles. The van der Waals surface area contributed by atoms with Crippen LogP contribution in [0.3, 0.4) is 0 Å². The van der Waals surface area contributed by atoms with Gasteiger partial charge >= 0.3 is 0 Å². The van der Waals surface area contributed by atoms with Gasteiger partial charge in [0, 0.05) is 5.57 Å². The standard InChI is InChI=1S/C22H23N3/c1-6-16(4)22-23-17(5)24-25(22)21-13-12-19(14-20(21)15(2)3)18-10-8-7-9-11-18/h6-15H,1,4H2,2-3,5H3. The van der Waals surface area contributed by atoms with E-state index in [1.54, 1.807) is 6.08 Å². The first kappa shape index (κ1) is 16.9. The molecule has 0 radical (unpaired) electrons. The Morgan fingerprint density at radius 2 is 1.80 bits per heavy atom. The third kappa shape index (κ3) is 3.31. The summed E-state index contributed by atoms with van der Waals surface area (Å²) in [6.45, 7) is 14.1. The van der Waals surface area contributed by atoms with Crippen LogP contribution in [-0.4, -0.2) is 14.8 Å². The van der Waals surface area contributed by atoms with E-state index in [9.17, 15) is 0 Å². The Morgan fingerprint density at radius 1 is 1.08 bits per heavy atom. The average Bonchev–Trinajstić information content (AvgIpc) is 3.02. The summed E-state index contributed by atoms with van der Waals surface area (Å²) in [7, 11) is 0. The van der Waals surface area contributed by atoms with Crippen LogP contribution in [0.1, 0.15) is 37.0 Å². The molecule has 3 heteroatoms. The summed E-state index contributed by atoms with van der Waals surface area (Å²) in [5.41, 5.74) is 5.44. The van der Waals surface area contributed by atoms with E-state index in [2.05, 4.69) is 79.6 Å². The SMILES string of the molecule is C=CC(=C)c1nc(C)nn1-c1ccc(-c2ccccc2)cc1C(C)C. The highest BCUT2D eigenvalue weighted by atomic mass is 15.3. The summed E-state index contributed by atoms with van der Waals surface area (Å²) >= 11 is 0. The van der Waals surface area contributed by atoms with E-state index >= 15 is 0 Å². The van der Waals surface area contributed by atoms with Crippen LogP contribution in [0.15, 0.2) is 67.8 Å². The van der Waals surface area contributed by atoms with Crippen LogP contribution < -0.4 is 0 Å². The Morgan fingerprint density at radius 3 is 2.44 bits per heavy atom. The van der Waals surface area contributed by atoms with Crippen molar-refractivity contribution in [2.24, 2.45) is 0 Å². The zero-order valence-electron chi connectivity index (χ0n) is 15.0. The van der Waals surface area contributed by atoms with E-state index in [1.165, 1.54) is 16.7 Å². The summed E-state index contributed by atoms with van der Waals surface area (Å²) in [5.74, 6) is 1.81. The van der Waals surface area contributed by atoms with Crippen molar-refractivity contribution in [1.29, 1.82) is 0 Å². The minimum absolute atomic E-state index is 0.355. The van der Waals surface area contributed by atoms with E-state index in [0.29, 0.717) is 5.92 Å². The van der Waals surface area contributed by atoms with Crippen molar-refractivity contribution in [2.45, 2.75) is 26.7 Å². The predicted octanol–water partition coefficient (Wildman–Crippen LogP) is 5.57. The van der Waals surface area contributed by atoms with Crippen LogP contribution in [0.25, 0.3) is 22.4 Å². The van der Waals surface area contributed by atoms with Gasteiger partial charge in [-0.15, -0.1) is 0 Å². The van der Waals surface area contributed by atoms with Crippen molar-refractivity contribution >= 4 is 5.57 Å².